The number of hydrogen-bond acceptors (Lipinski definition) is 12. The monoisotopic (exact) mass is 1290 g/mol. The maximum Gasteiger partial charge on any atom is 0.380 e. The lowest BCUT2D eigenvalue weighted by atomic mass is 9.78. The van der Waals surface area contributed by atoms with Crippen molar-refractivity contribution in [1.29, 1.82) is 0 Å². The summed E-state index contributed by atoms with van der Waals surface area (Å²) in [6, 6.07) is 19.6. The fourth-order valence-electron chi connectivity index (χ4n) is 11.4. The number of fused-ring (bicyclic) bond motifs is 4. The lowest BCUT2D eigenvalue weighted by molar-refractivity contribution is -0.254. The van der Waals surface area contributed by atoms with E-state index in [-0.39, 0.29) is 22.0 Å². The summed E-state index contributed by atoms with van der Waals surface area (Å²) >= 11 is 8.81. The van der Waals surface area contributed by atoms with Crippen LogP contribution in [0.1, 0.15) is 120 Å². The van der Waals surface area contributed by atoms with Gasteiger partial charge in [-0.3, -0.25) is 0 Å². The van der Waals surface area contributed by atoms with Crippen LogP contribution in [0.25, 0.3) is 30.7 Å². The smallest absolute Gasteiger partial charge is 0.380 e. The van der Waals surface area contributed by atoms with Crippen LogP contribution in [0.2, 0.25) is 0 Å². The van der Waals surface area contributed by atoms with Crippen LogP contribution in [0.15, 0.2) is 69.1 Å². The predicted octanol–water partition coefficient (Wildman–Crippen LogP) is 19.1. The van der Waals surface area contributed by atoms with Crippen LogP contribution >= 0.6 is 88.1 Å². The molecule has 2 aliphatic rings. The maximum absolute atomic E-state index is 17.7. The molecule has 0 N–H and O–H groups in total. The predicted molar refractivity (Wildman–Crippen MR) is 342 cm³/mol. The molecule has 0 bridgehead atoms. The van der Waals surface area contributed by atoms with Gasteiger partial charge in [-0.25, -0.2) is 20.1 Å². The van der Waals surface area contributed by atoms with Crippen LogP contribution in [-0.2, 0) is 44.7 Å². The minimum atomic E-state index is -5.74. The Balaban J connectivity index is 1.56. The van der Waals surface area contributed by atoms with Crippen LogP contribution in [0.5, 0.6) is 0 Å². The Bertz CT molecular complexity index is 2840. The highest BCUT2D eigenvalue weighted by atomic mass is 32.3. The number of methoxy groups -OCH3 is 6. The van der Waals surface area contributed by atoms with Crippen molar-refractivity contribution in [3.63, 3.8) is 0 Å². The molecular weight excluding hydrogens is 1210 g/mol. The molecule has 0 amide bonds. The highest BCUT2D eigenvalue weighted by Crippen LogP contribution is 2.73. The van der Waals surface area contributed by atoms with E-state index in [9.17, 15) is 0 Å². The lowest BCUT2D eigenvalue weighted by Crippen LogP contribution is -2.49. The van der Waals surface area contributed by atoms with E-state index < -0.39 is 54.4 Å². The molecule has 0 saturated carbocycles. The zero-order valence-electron chi connectivity index (χ0n) is 49.5. The Morgan fingerprint density at radius 1 is 0.390 bits per heavy atom. The minimum Gasteiger partial charge on any atom is -0.385 e. The first-order valence-corrected chi connectivity index (χ1v) is 37.1. The fraction of sp³-hybridized carbons (Fsp3) is 0.581. The second-order valence-electron chi connectivity index (χ2n) is 23.4. The van der Waals surface area contributed by atoms with E-state index in [2.05, 4.69) is 65.8 Å². The Labute approximate surface area is 510 Å². The minimum absolute atomic E-state index is 0.263. The summed E-state index contributed by atoms with van der Waals surface area (Å²) in [5, 5.41) is 0. The molecule has 0 saturated heterocycles. The van der Waals surface area contributed by atoms with Gasteiger partial charge in [0.1, 0.15) is 5.41 Å². The molecule has 6 aromatic rings. The molecule has 0 fully saturated rings. The molecule has 0 aromatic carbocycles. The van der Waals surface area contributed by atoms with E-state index in [1.807, 2.05) is 24.3 Å². The molecule has 456 valence electrons. The van der Waals surface area contributed by atoms with Gasteiger partial charge in [0.2, 0.25) is 0 Å². The van der Waals surface area contributed by atoms with Crippen molar-refractivity contribution in [2.75, 3.05) is 117 Å². The van der Waals surface area contributed by atoms with Gasteiger partial charge in [0.25, 0.3) is 0 Å². The number of alkyl halides is 6. The molecule has 20 heteroatoms. The first kappa shape index (κ1) is 65.9. The molecule has 0 spiro atoms. The first-order valence-electron chi connectivity index (χ1n) is 28.0. The van der Waals surface area contributed by atoms with Gasteiger partial charge in [-0.2, -0.15) is 26.3 Å². The Morgan fingerprint density at radius 3 is 0.963 bits per heavy atom. The second kappa shape index (κ2) is 26.8. The third-order valence-electron chi connectivity index (χ3n) is 15.6. The number of ether oxygens (including phenoxy) is 6. The molecule has 0 aliphatic heterocycles. The Morgan fingerprint density at radius 2 is 0.695 bits per heavy atom. The topological polar surface area (TPSA) is 55.4 Å². The summed E-state index contributed by atoms with van der Waals surface area (Å²) < 4.78 is 141. The van der Waals surface area contributed by atoms with E-state index in [0.29, 0.717) is 59.1 Å². The van der Waals surface area contributed by atoms with Crippen LogP contribution in [0.4, 0.5) is 26.3 Å². The van der Waals surface area contributed by atoms with Gasteiger partial charge in [0.05, 0.1) is 0 Å². The van der Waals surface area contributed by atoms with Crippen molar-refractivity contribution in [3.8, 4) is 19.5 Å². The van der Waals surface area contributed by atoms with Gasteiger partial charge < -0.3 is 28.4 Å². The van der Waals surface area contributed by atoms with Crippen LogP contribution in [0, 0.1) is 0 Å². The largest absolute Gasteiger partial charge is 0.385 e. The summed E-state index contributed by atoms with van der Waals surface area (Å²) in [5.74, 6) is -11.2. The van der Waals surface area contributed by atoms with Crippen molar-refractivity contribution in [3.05, 3.63) is 101 Å². The second-order valence-corrected chi connectivity index (χ2v) is 37.9. The molecule has 6 nitrogen and oxygen atoms in total. The third kappa shape index (κ3) is 12.5. The van der Waals surface area contributed by atoms with E-state index in [1.54, 1.807) is 65.3 Å². The summed E-state index contributed by atoms with van der Waals surface area (Å²) in [5.41, 5.74) is -5.21. The number of hydrogen-bond donors (Lipinski definition) is 0. The quantitative estimate of drug-likeness (QED) is 0.0331. The highest BCUT2D eigenvalue weighted by Gasteiger charge is 2.81. The Hall–Kier alpha value is -2.02. The van der Waals surface area contributed by atoms with Crippen molar-refractivity contribution in [1.82, 2.24) is 0 Å². The molecule has 6 heterocycles. The summed E-state index contributed by atoms with van der Waals surface area (Å²) in [7, 11) is 6.85. The summed E-state index contributed by atoms with van der Waals surface area (Å²) in [4.78, 5) is 6.87. The standard InChI is InChI=1S/C62H82F6O6S8/c1-57(2,3)47-21-19-43(75-47)45-39-41-53-54(61(65,66)62(67,68)60(53,63)64)42-40-46(44-20-22-48(76-44)58(4,5)6)78-56(42)59(55(41)77-45,49-23-25-51(79-49)81(33-13-27-69-7,34-14-28-70-8)35-15-29-71-9)50-24-26-52(80-50)82(36-16-30-72-10,37-17-31-73-11)38-18-32-74-12/h19-26,39-40H,13-18,27-38H2,1-12H3. The van der Waals surface area contributed by atoms with Crippen LogP contribution in [-0.4, -0.2) is 135 Å². The first-order chi connectivity index (χ1) is 38.9. The highest BCUT2D eigenvalue weighted by molar-refractivity contribution is 8.35. The molecule has 8 rings (SSSR count). The van der Waals surface area contributed by atoms with Gasteiger partial charge in [0.15, 0.2) is 0 Å². The Kier molecular flexibility index (Phi) is 21.5. The normalized spacial score (nSPS) is 17.1. The molecule has 0 unspecified atom stereocenters. The van der Waals surface area contributed by atoms with E-state index in [0.717, 1.165) is 111 Å². The van der Waals surface area contributed by atoms with Gasteiger partial charge in [-0.15, -0.1) is 68.0 Å². The molecular formula is C62H82F6O6S8. The summed E-state index contributed by atoms with van der Waals surface area (Å²) in [6.45, 7) is 15.9. The zero-order chi connectivity index (χ0) is 59.5. The van der Waals surface area contributed by atoms with Gasteiger partial charge >= 0.3 is 17.8 Å². The van der Waals surface area contributed by atoms with Crippen LogP contribution in [0.3, 0.4) is 0 Å². The van der Waals surface area contributed by atoms with Crippen molar-refractivity contribution in [2.24, 2.45) is 0 Å². The molecule has 0 radical (unpaired) electrons. The number of thiophene rings is 6. The van der Waals surface area contributed by atoms with Gasteiger partial charge in [-0.1, -0.05) is 41.5 Å². The van der Waals surface area contributed by atoms with Gasteiger partial charge in [0, 0.05) is 162 Å². The van der Waals surface area contributed by atoms with Crippen LogP contribution < -0.4 is 0 Å². The average molecular weight is 1290 g/mol. The van der Waals surface area contributed by atoms with Crippen molar-refractivity contribution >= 4 is 99.2 Å². The number of rotatable bonds is 30. The number of halogens is 6. The average Bonchev–Trinajstić information content (AvgIpc) is 4.46. The maximum atomic E-state index is 17.7. The molecule has 2 aliphatic carbocycles. The zero-order valence-corrected chi connectivity index (χ0v) is 56.0. The SMILES string of the molecule is COCCCS(CCCOC)(CCCOC)c1ccc(C2(c3ccc(S(CCCOC)(CCCOC)CCCOC)s3)c3sc(-c4ccc(C(C)(C)C)s4)cc3C3=C(c4cc(-c5ccc(C(C)(C)C)s5)sc42)C(F)(F)C(F)(F)C3(F)F)s1. The van der Waals surface area contributed by atoms with Gasteiger partial charge in [-0.05, 0) is 145 Å². The fourth-order valence-corrected chi connectivity index (χ4v) is 29.4. The number of allylic oxidation sites excluding steroid dienone is 2. The van der Waals surface area contributed by atoms with Crippen molar-refractivity contribution < 1.29 is 54.8 Å². The lowest BCUT2D eigenvalue weighted by Gasteiger charge is -2.40. The third-order valence-corrected chi connectivity index (χ3v) is 34.5. The molecule has 82 heavy (non-hydrogen) atoms. The molecule has 0 atom stereocenters. The van der Waals surface area contributed by atoms with E-state index in [1.165, 1.54) is 57.5 Å². The summed E-state index contributed by atoms with van der Waals surface area (Å²) in [6.07, 6.45) is 4.74. The van der Waals surface area contributed by atoms with Crippen molar-refractivity contribution in [2.45, 2.75) is 122 Å². The van der Waals surface area contributed by atoms with E-state index in [4.69, 9.17) is 28.4 Å². The molecule has 6 aromatic heterocycles. The van der Waals surface area contributed by atoms with E-state index >= 15 is 26.3 Å².